The van der Waals surface area contributed by atoms with E-state index in [0.717, 1.165) is 19.3 Å². The summed E-state index contributed by atoms with van der Waals surface area (Å²) in [5, 5.41) is 21.5. The van der Waals surface area contributed by atoms with Crippen LogP contribution < -0.4 is 5.32 Å². The first-order chi connectivity index (χ1) is 9.90. The molecule has 0 aromatic rings. The molecule has 114 valence electrons. The second-order valence-electron chi connectivity index (χ2n) is 5.02. The van der Waals surface area contributed by atoms with E-state index < -0.39 is 17.9 Å². The Balaban J connectivity index is 3.12. The summed E-state index contributed by atoms with van der Waals surface area (Å²) in [6.07, 6.45) is 3.72. The van der Waals surface area contributed by atoms with E-state index in [-0.39, 0.29) is 11.1 Å². The van der Waals surface area contributed by atoms with Gasteiger partial charge in [0.2, 0.25) is 0 Å². The molecule has 1 aliphatic rings. The van der Waals surface area contributed by atoms with Gasteiger partial charge >= 0.3 is 11.9 Å². The van der Waals surface area contributed by atoms with Crippen LogP contribution in [0.25, 0.3) is 0 Å². The minimum Gasteiger partial charge on any atom is -0.478 e. The summed E-state index contributed by atoms with van der Waals surface area (Å²) < 4.78 is 0. The molecule has 21 heavy (non-hydrogen) atoms. The zero-order chi connectivity index (χ0) is 16.0. The van der Waals surface area contributed by atoms with Crippen LogP contribution in [-0.2, 0) is 9.59 Å². The number of hydrogen-bond acceptors (Lipinski definition) is 3. The van der Waals surface area contributed by atoms with E-state index in [1.54, 1.807) is 13.8 Å². The molecule has 1 rings (SSSR count). The molecule has 0 radical (unpaired) electrons. The topological polar surface area (TPSA) is 86.6 Å². The van der Waals surface area contributed by atoms with Gasteiger partial charge in [-0.1, -0.05) is 25.7 Å². The van der Waals surface area contributed by atoms with Crippen LogP contribution in [0.15, 0.2) is 22.5 Å². The first-order valence-electron chi connectivity index (χ1n) is 7.03. The van der Waals surface area contributed by atoms with E-state index in [4.69, 9.17) is 0 Å². The van der Waals surface area contributed by atoms with E-state index in [9.17, 15) is 19.8 Å². The summed E-state index contributed by atoms with van der Waals surface area (Å²) >= 11 is 0. The maximum absolute atomic E-state index is 11.4. The second-order valence-corrected chi connectivity index (χ2v) is 5.02. The van der Waals surface area contributed by atoms with Crippen molar-refractivity contribution in [1.29, 1.82) is 0 Å². The zero-order valence-electron chi connectivity index (χ0n) is 12.6. The van der Waals surface area contributed by atoms with Gasteiger partial charge < -0.3 is 15.5 Å². The zero-order valence-corrected chi connectivity index (χ0v) is 12.6. The van der Waals surface area contributed by atoms with Crippen LogP contribution in [-0.4, -0.2) is 22.2 Å². The number of unbranched alkanes of at least 4 members (excludes halogenated alkanes) is 3. The molecule has 0 unspecified atom stereocenters. The average molecular weight is 291 g/mol. The van der Waals surface area contributed by atoms with Crippen LogP contribution in [0.2, 0.25) is 0 Å². The smallest absolute Gasteiger partial charge is 0.334 e. The highest BCUT2D eigenvalue weighted by atomic mass is 16.4. The Morgan fingerprint density at radius 3 is 2.05 bits per heavy atom. The molecule has 0 saturated heterocycles. The molecule has 5 nitrogen and oxygen atoms in total. The highest BCUT2D eigenvalue weighted by Gasteiger charge is 2.34. The van der Waals surface area contributed by atoms with E-state index in [0.29, 0.717) is 17.8 Å². The van der Waals surface area contributed by atoms with E-state index in [2.05, 4.69) is 24.1 Å². The van der Waals surface area contributed by atoms with Crippen molar-refractivity contribution in [2.24, 2.45) is 5.92 Å². The highest BCUT2D eigenvalue weighted by molar-refractivity contribution is 5.97. The standard InChI is InChI=1S/C16H21NO4/c1-4-5-6-7-8-9-12-13(15(18)19)10(2)17-11(3)14(12)16(20)21/h12,17H,4-7H2,1-3H3,(H,18,19)(H,20,21). The lowest BCUT2D eigenvalue weighted by Crippen LogP contribution is -2.31. The lowest BCUT2D eigenvalue weighted by atomic mass is 9.86. The molecular weight excluding hydrogens is 270 g/mol. The third kappa shape index (κ3) is 4.12. The first kappa shape index (κ1) is 16.8. The molecule has 0 aromatic heterocycles. The third-order valence-corrected chi connectivity index (χ3v) is 3.37. The number of carboxylic acid groups (broad SMARTS) is 2. The molecule has 0 aliphatic carbocycles. The van der Waals surface area contributed by atoms with Gasteiger partial charge in [-0.2, -0.15) is 0 Å². The molecular formula is C16H21NO4. The summed E-state index contributed by atoms with van der Waals surface area (Å²) in [6, 6.07) is 0. The van der Waals surface area contributed by atoms with Crippen LogP contribution in [0.3, 0.4) is 0 Å². The van der Waals surface area contributed by atoms with Gasteiger partial charge in [0.05, 0.1) is 17.1 Å². The molecule has 0 bridgehead atoms. The predicted octanol–water partition coefficient (Wildman–Crippen LogP) is 2.51. The van der Waals surface area contributed by atoms with Crippen molar-refractivity contribution in [2.75, 3.05) is 0 Å². The third-order valence-electron chi connectivity index (χ3n) is 3.37. The van der Waals surface area contributed by atoms with Gasteiger partial charge in [-0.3, -0.25) is 0 Å². The summed E-state index contributed by atoms with van der Waals surface area (Å²) in [5.74, 6) is 2.60. The second kappa shape index (κ2) is 7.53. The van der Waals surface area contributed by atoms with Gasteiger partial charge in [0.25, 0.3) is 0 Å². The molecule has 0 amide bonds. The Hall–Kier alpha value is -2.22. The van der Waals surface area contributed by atoms with Crippen molar-refractivity contribution in [3.8, 4) is 11.8 Å². The van der Waals surface area contributed by atoms with Crippen molar-refractivity contribution in [1.82, 2.24) is 5.32 Å². The fraction of sp³-hybridized carbons (Fsp3) is 0.500. The van der Waals surface area contributed by atoms with E-state index in [1.807, 2.05) is 0 Å². The monoisotopic (exact) mass is 291 g/mol. The van der Waals surface area contributed by atoms with Crippen molar-refractivity contribution in [3.05, 3.63) is 22.5 Å². The van der Waals surface area contributed by atoms with E-state index >= 15 is 0 Å². The molecule has 1 heterocycles. The molecule has 0 atom stereocenters. The highest BCUT2D eigenvalue weighted by Crippen LogP contribution is 2.29. The lowest BCUT2D eigenvalue weighted by molar-refractivity contribution is -0.133. The summed E-state index contributed by atoms with van der Waals surface area (Å²) in [6.45, 7) is 5.33. The Morgan fingerprint density at radius 2 is 1.62 bits per heavy atom. The number of hydrogen-bond donors (Lipinski definition) is 3. The van der Waals surface area contributed by atoms with Crippen molar-refractivity contribution in [2.45, 2.75) is 46.5 Å². The van der Waals surface area contributed by atoms with Gasteiger partial charge in [-0.05, 0) is 20.3 Å². The van der Waals surface area contributed by atoms with Crippen LogP contribution in [0.4, 0.5) is 0 Å². The SMILES string of the molecule is CCCCCC#CC1C(C(=O)O)=C(C)NC(C)=C1C(=O)O. The predicted molar refractivity (Wildman–Crippen MR) is 79.2 cm³/mol. The van der Waals surface area contributed by atoms with Crippen molar-refractivity contribution >= 4 is 11.9 Å². The first-order valence-corrected chi connectivity index (χ1v) is 7.03. The maximum Gasteiger partial charge on any atom is 0.334 e. The molecule has 0 aromatic carbocycles. The van der Waals surface area contributed by atoms with Gasteiger partial charge in [0, 0.05) is 17.8 Å². The minimum absolute atomic E-state index is 0.0148. The number of dihydropyridines is 1. The quantitative estimate of drug-likeness (QED) is 0.535. The van der Waals surface area contributed by atoms with Gasteiger partial charge in [0.15, 0.2) is 0 Å². The average Bonchev–Trinajstić information content (AvgIpc) is 2.36. The fourth-order valence-electron chi connectivity index (χ4n) is 2.34. The van der Waals surface area contributed by atoms with Crippen LogP contribution >= 0.6 is 0 Å². The summed E-state index contributed by atoms with van der Waals surface area (Å²) in [7, 11) is 0. The normalized spacial score (nSPS) is 15.4. The molecule has 1 aliphatic heterocycles. The van der Waals surface area contributed by atoms with Crippen LogP contribution in [0, 0.1) is 17.8 Å². The maximum atomic E-state index is 11.4. The van der Waals surface area contributed by atoms with Crippen LogP contribution in [0.1, 0.15) is 46.5 Å². The number of aliphatic carboxylic acids is 2. The number of rotatable bonds is 5. The fourth-order valence-corrected chi connectivity index (χ4v) is 2.34. The van der Waals surface area contributed by atoms with Crippen molar-refractivity contribution < 1.29 is 19.8 Å². The number of allylic oxidation sites excluding steroid dienone is 2. The summed E-state index contributed by atoms with van der Waals surface area (Å²) in [5.41, 5.74) is 0.915. The Bertz CT molecular complexity index is 525. The van der Waals surface area contributed by atoms with Gasteiger partial charge in [0.1, 0.15) is 0 Å². The molecule has 3 N–H and O–H groups in total. The van der Waals surface area contributed by atoms with Crippen molar-refractivity contribution in [3.63, 3.8) is 0 Å². The largest absolute Gasteiger partial charge is 0.478 e. The minimum atomic E-state index is -1.14. The van der Waals surface area contributed by atoms with Gasteiger partial charge in [-0.15, -0.1) is 5.92 Å². The lowest BCUT2D eigenvalue weighted by Gasteiger charge is -2.25. The Kier molecular flexibility index (Phi) is 6.04. The molecule has 5 heteroatoms. The van der Waals surface area contributed by atoms with E-state index in [1.165, 1.54) is 0 Å². The number of nitrogens with one attached hydrogen (secondary N) is 1. The molecule has 0 saturated carbocycles. The van der Waals surface area contributed by atoms with Crippen LogP contribution in [0.5, 0.6) is 0 Å². The Labute approximate surface area is 124 Å². The number of carboxylic acids is 2. The van der Waals surface area contributed by atoms with Gasteiger partial charge in [-0.25, -0.2) is 9.59 Å². The number of carbonyl (C=O) groups is 2. The molecule has 0 spiro atoms. The Morgan fingerprint density at radius 1 is 1.10 bits per heavy atom. The summed E-state index contributed by atoms with van der Waals surface area (Å²) in [4.78, 5) is 22.8. The molecule has 0 fully saturated rings.